The van der Waals surface area contributed by atoms with Crippen LogP contribution in [0.5, 0.6) is 0 Å². The van der Waals surface area contributed by atoms with Gasteiger partial charge in [-0.2, -0.15) is 0 Å². The van der Waals surface area contributed by atoms with Crippen molar-refractivity contribution in [1.29, 1.82) is 0 Å². The minimum Gasteiger partial charge on any atom is -0.481 e. The monoisotopic (exact) mass is 331 g/mol. The molecule has 2 N–H and O–H groups in total. The normalized spacial score (nSPS) is 29.7. The lowest BCUT2D eigenvalue weighted by Gasteiger charge is -2.39. The summed E-state index contributed by atoms with van der Waals surface area (Å²) in [5.74, 6) is -0.237. The maximum absolute atomic E-state index is 11.9. The van der Waals surface area contributed by atoms with Crippen molar-refractivity contribution in [3.05, 3.63) is 35.9 Å². The summed E-state index contributed by atoms with van der Waals surface area (Å²) in [5.41, 5.74) is -0.774. The minimum atomic E-state index is -1.18. The predicted octanol–water partition coefficient (Wildman–Crippen LogP) is 3.26. The minimum absolute atomic E-state index is 0.282. The van der Waals surface area contributed by atoms with Gasteiger partial charge in [-0.05, 0) is 70.5 Å². The maximum Gasteiger partial charge on any atom is 0.312 e. The zero-order valence-corrected chi connectivity index (χ0v) is 14.7. The van der Waals surface area contributed by atoms with Gasteiger partial charge >= 0.3 is 5.97 Å². The first-order valence-electron chi connectivity index (χ1n) is 9.08. The van der Waals surface area contributed by atoms with Crippen molar-refractivity contribution in [3.8, 4) is 0 Å². The number of hydrogen-bond donors (Lipinski definition) is 2. The summed E-state index contributed by atoms with van der Waals surface area (Å²) < 4.78 is 0. The summed E-state index contributed by atoms with van der Waals surface area (Å²) >= 11 is 0. The van der Waals surface area contributed by atoms with Crippen LogP contribution in [-0.4, -0.2) is 45.8 Å². The Bertz CT molecular complexity index is 572. The van der Waals surface area contributed by atoms with Crippen LogP contribution in [0, 0.1) is 5.41 Å². The number of carboxylic acids is 1. The van der Waals surface area contributed by atoms with Crippen LogP contribution in [0.2, 0.25) is 0 Å². The third-order valence-corrected chi connectivity index (χ3v) is 6.39. The van der Waals surface area contributed by atoms with E-state index in [1.165, 1.54) is 5.56 Å². The van der Waals surface area contributed by atoms with Crippen LogP contribution in [0.25, 0.3) is 0 Å². The van der Waals surface area contributed by atoms with Gasteiger partial charge in [0.25, 0.3) is 0 Å². The Morgan fingerprint density at radius 1 is 1.17 bits per heavy atom. The lowest BCUT2D eigenvalue weighted by atomic mass is 9.72. The number of hydrogen-bond acceptors (Lipinski definition) is 3. The number of carbonyl (C=O) groups is 1. The van der Waals surface area contributed by atoms with Crippen molar-refractivity contribution in [3.63, 3.8) is 0 Å². The van der Waals surface area contributed by atoms with Gasteiger partial charge < -0.3 is 15.1 Å². The average molecular weight is 331 g/mol. The number of nitrogens with zero attached hydrogens (tertiary/aromatic N) is 1. The topological polar surface area (TPSA) is 60.8 Å². The van der Waals surface area contributed by atoms with Crippen LogP contribution < -0.4 is 0 Å². The molecule has 1 aromatic rings. The highest BCUT2D eigenvalue weighted by Crippen LogP contribution is 2.48. The highest BCUT2D eigenvalue weighted by atomic mass is 16.4. The largest absolute Gasteiger partial charge is 0.481 e. The first-order valence-corrected chi connectivity index (χ1v) is 9.08. The molecule has 3 rings (SSSR count). The van der Waals surface area contributed by atoms with Gasteiger partial charge in [0.05, 0.1) is 11.0 Å². The third-order valence-electron chi connectivity index (χ3n) is 6.39. The lowest BCUT2D eigenvalue weighted by Crippen LogP contribution is -2.49. The molecule has 0 aromatic heterocycles. The van der Waals surface area contributed by atoms with E-state index in [4.69, 9.17) is 0 Å². The van der Waals surface area contributed by atoms with E-state index in [1.54, 1.807) is 13.8 Å². The molecule has 2 aliphatic rings. The molecule has 4 heteroatoms. The van der Waals surface area contributed by atoms with Gasteiger partial charge in [0, 0.05) is 6.04 Å². The van der Waals surface area contributed by atoms with Crippen LogP contribution in [0.4, 0.5) is 0 Å². The number of likely N-dealkylation sites (tertiary alicyclic amines) is 1. The molecule has 1 aliphatic carbocycles. The van der Waals surface area contributed by atoms with E-state index in [9.17, 15) is 15.0 Å². The molecule has 1 aromatic carbocycles. The van der Waals surface area contributed by atoms with Gasteiger partial charge in [-0.3, -0.25) is 4.79 Å². The van der Waals surface area contributed by atoms with Gasteiger partial charge in [0.2, 0.25) is 0 Å². The lowest BCUT2D eigenvalue weighted by molar-refractivity contribution is -0.165. The molecule has 0 radical (unpaired) electrons. The van der Waals surface area contributed by atoms with Crippen LogP contribution in [0.1, 0.15) is 57.4 Å². The first-order chi connectivity index (χ1) is 11.3. The molecule has 0 amide bonds. The highest BCUT2D eigenvalue weighted by Gasteiger charge is 2.55. The molecule has 1 saturated heterocycles. The van der Waals surface area contributed by atoms with E-state index in [1.807, 2.05) is 0 Å². The summed E-state index contributed by atoms with van der Waals surface area (Å²) in [7, 11) is 0. The van der Waals surface area contributed by atoms with Gasteiger partial charge in [0.15, 0.2) is 0 Å². The Morgan fingerprint density at radius 2 is 1.79 bits per heavy atom. The Hall–Kier alpha value is -1.39. The standard InChI is InChI=1S/C20H29NO3/c1-19(2,24)20(18(22)23)11-8-17(14-20)21-12-9-16(10-13-21)15-6-4-3-5-7-15/h3-7,16-17,24H,8-14H2,1-2H3,(H,22,23)/t17-,20-/m1/s1. The molecule has 4 nitrogen and oxygen atoms in total. The Kier molecular flexibility index (Phi) is 4.71. The zero-order chi connectivity index (χ0) is 17.4. The first kappa shape index (κ1) is 17.4. The number of benzene rings is 1. The van der Waals surface area contributed by atoms with Crippen LogP contribution in [0.15, 0.2) is 30.3 Å². The molecule has 1 aliphatic heterocycles. The van der Waals surface area contributed by atoms with E-state index in [0.717, 1.165) is 32.4 Å². The fraction of sp³-hybridized carbons (Fsp3) is 0.650. The summed E-state index contributed by atoms with van der Waals surface area (Å²) in [5, 5.41) is 20.2. The van der Waals surface area contributed by atoms with Crippen molar-refractivity contribution in [2.45, 2.75) is 63.5 Å². The molecule has 1 saturated carbocycles. The summed E-state index contributed by atoms with van der Waals surface area (Å²) in [6, 6.07) is 11.0. The molecule has 0 bridgehead atoms. The summed E-state index contributed by atoms with van der Waals surface area (Å²) in [6.45, 7) is 5.33. The van der Waals surface area contributed by atoms with E-state index in [-0.39, 0.29) is 6.04 Å². The fourth-order valence-electron chi connectivity index (χ4n) is 4.67. The van der Waals surface area contributed by atoms with Gasteiger partial charge in [-0.15, -0.1) is 0 Å². The number of rotatable bonds is 4. The maximum atomic E-state index is 11.9. The number of piperidine rings is 1. The van der Waals surface area contributed by atoms with E-state index in [0.29, 0.717) is 18.8 Å². The second-order valence-corrected chi connectivity index (χ2v) is 8.06. The van der Waals surface area contributed by atoms with Crippen LogP contribution in [0.3, 0.4) is 0 Å². The Balaban J connectivity index is 1.63. The molecule has 0 unspecified atom stereocenters. The second-order valence-electron chi connectivity index (χ2n) is 8.06. The van der Waals surface area contributed by atoms with Crippen molar-refractivity contribution >= 4 is 5.97 Å². The average Bonchev–Trinajstić information content (AvgIpc) is 3.03. The molecule has 1 heterocycles. The molecule has 2 atom stereocenters. The fourth-order valence-corrected chi connectivity index (χ4v) is 4.67. The number of carboxylic acid groups (broad SMARTS) is 1. The molecule has 0 spiro atoms. The van der Waals surface area contributed by atoms with Crippen molar-refractivity contribution in [2.75, 3.05) is 13.1 Å². The molecule has 24 heavy (non-hydrogen) atoms. The highest BCUT2D eigenvalue weighted by molar-refractivity contribution is 5.76. The summed E-state index contributed by atoms with van der Waals surface area (Å²) in [4.78, 5) is 14.3. The Labute approximate surface area is 144 Å². The number of aliphatic hydroxyl groups is 1. The number of aliphatic carboxylic acids is 1. The quantitative estimate of drug-likeness (QED) is 0.889. The second kappa shape index (κ2) is 6.49. The molecule has 132 valence electrons. The van der Waals surface area contributed by atoms with Gasteiger partial charge in [0.1, 0.15) is 0 Å². The van der Waals surface area contributed by atoms with Crippen LogP contribution >= 0.6 is 0 Å². The zero-order valence-electron chi connectivity index (χ0n) is 14.7. The Morgan fingerprint density at radius 3 is 2.29 bits per heavy atom. The van der Waals surface area contributed by atoms with Crippen LogP contribution in [-0.2, 0) is 4.79 Å². The van der Waals surface area contributed by atoms with E-state index in [2.05, 4.69) is 35.2 Å². The molecule has 2 fully saturated rings. The smallest absolute Gasteiger partial charge is 0.312 e. The predicted molar refractivity (Wildman–Crippen MR) is 94.0 cm³/mol. The van der Waals surface area contributed by atoms with E-state index >= 15 is 0 Å². The third kappa shape index (κ3) is 3.09. The van der Waals surface area contributed by atoms with Crippen molar-refractivity contribution < 1.29 is 15.0 Å². The summed E-state index contributed by atoms with van der Waals surface area (Å²) in [6.07, 6.45) is 4.25. The van der Waals surface area contributed by atoms with Crippen molar-refractivity contribution in [1.82, 2.24) is 4.90 Å². The van der Waals surface area contributed by atoms with Crippen molar-refractivity contribution in [2.24, 2.45) is 5.41 Å². The van der Waals surface area contributed by atoms with E-state index < -0.39 is 17.0 Å². The SMILES string of the molecule is CC(C)(O)[C@]1(C(=O)O)CC[C@@H](N2CCC(c3ccccc3)CC2)C1. The molecular weight excluding hydrogens is 302 g/mol. The van der Waals surface area contributed by atoms with Gasteiger partial charge in [-0.1, -0.05) is 30.3 Å². The van der Waals surface area contributed by atoms with Gasteiger partial charge in [-0.25, -0.2) is 0 Å². The molecular formula is C20H29NO3.